The summed E-state index contributed by atoms with van der Waals surface area (Å²) in [6, 6.07) is 11.0. The normalized spacial score (nSPS) is 16.3. The van der Waals surface area contributed by atoms with Crippen molar-refractivity contribution >= 4 is 28.2 Å². The highest BCUT2D eigenvalue weighted by Gasteiger charge is 2.25. The zero-order valence-electron chi connectivity index (χ0n) is 16.9. The van der Waals surface area contributed by atoms with Crippen molar-refractivity contribution in [2.24, 2.45) is 5.92 Å². The molecule has 10 heteroatoms. The quantitative estimate of drug-likeness (QED) is 0.349. The first-order chi connectivity index (χ1) is 14.9. The van der Waals surface area contributed by atoms with E-state index in [1.807, 2.05) is 4.90 Å². The van der Waals surface area contributed by atoms with Crippen LogP contribution in [0.4, 0.5) is 11.4 Å². The lowest BCUT2D eigenvalue weighted by atomic mass is 9.99. The molecule has 2 heterocycles. The first-order valence-electron chi connectivity index (χ1n) is 9.97. The minimum atomic E-state index is -0.788. The van der Waals surface area contributed by atoms with Crippen molar-refractivity contribution in [3.05, 3.63) is 68.5 Å². The van der Waals surface area contributed by atoms with Crippen LogP contribution in [0.1, 0.15) is 30.1 Å². The lowest BCUT2D eigenvalue weighted by Crippen LogP contribution is -2.34. The van der Waals surface area contributed by atoms with Crippen molar-refractivity contribution in [2.75, 3.05) is 18.0 Å². The Hall–Kier alpha value is -3.82. The van der Waals surface area contributed by atoms with E-state index in [1.165, 1.54) is 12.1 Å². The second-order valence-electron chi connectivity index (χ2n) is 7.63. The third kappa shape index (κ3) is 4.23. The van der Waals surface area contributed by atoms with Gasteiger partial charge in [0, 0.05) is 19.2 Å². The molecule has 1 aliphatic rings. The molecule has 160 valence electrons. The van der Waals surface area contributed by atoms with Crippen LogP contribution in [0.3, 0.4) is 0 Å². The number of nitro benzene ring substituents is 1. The number of nitro groups is 1. The monoisotopic (exact) mass is 423 g/mol. The van der Waals surface area contributed by atoms with E-state index in [4.69, 9.17) is 4.74 Å². The maximum absolute atomic E-state index is 12.5. The number of hydrogen-bond donors (Lipinski definition) is 0. The molecule has 0 saturated carbocycles. The highest BCUT2D eigenvalue weighted by Crippen LogP contribution is 2.32. The summed E-state index contributed by atoms with van der Waals surface area (Å²) in [7, 11) is 0. The van der Waals surface area contributed by atoms with E-state index in [2.05, 4.69) is 17.2 Å². The summed E-state index contributed by atoms with van der Waals surface area (Å²) in [6.07, 6.45) is 2.05. The number of fused-ring (bicyclic) bond motifs is 1. The van der Waals surface area contributed by atoms with E-state index < -0.39 is 23.2 Å². The summed E-state index contributed by atoms with van der Waals surface area (Å²) < 4.78 is 6.10. The first kappa shape index (κ1) is 20.5. The Kier molecular flexibility index (Phi) is 5.61. The molecule has 0 radical (unpaired) electrons. The van der Waals surface area contributed by atoms with Crippen LogP contribution in [0.2, 0.25) is 0 Å². The molecule has 31 heavy (non-hydrogen) atoms. The summed E-state index contributed by atoms with van der Waals surface area (Å²) in [4.78, 5) is 38.0. The van der Waals surface area contributed by atoms with Gasteiger partial charge in [0.15, 0.2) is 6.73 Å². The molecule has 1 aromatic heterocycles. The van der Waals surface area contributed by atoms with Crippen LogP contribution in [0.25, 0.3) is 10.9 Å². The number of piperidine rings is 1. The van der Waals surface area contributed by atoms with Crippen molar-refractivity contribution in [3.8, 4) is 0 Å². The van der Waals surface area contributed by atoms with Gasteiger partial charge in [-0.25, -0.2) is 4.79 Å². The van der Waals surface area contributed by atoms with Crippen molar-refractivity contribution in [3.63, 3.8) is 0 Å². The van der Waals surface area contributed by atoms with E-state index >= 15 is 0 Å². The maximum Gasteiger partial charge on any atom is 0.340 e. The van der Waals surface area contributed by atoms with Gasteiger partial charge in [-0.05, 0) is 43.0 Å². The Morgan fingerprint density at radius 1 is 1.29 bits per heavy atom. The fourth-order valence-electron chi connectivity index (χ4n) is 3.78. The lowest BCUT2D eigenvalue weighted by Gasteiger charge is -2.32. The molecule has 0 spiro atoms. The summed E-state index contributed by atoms with van der Waals surface area (Å²) in [6.45, 7) is 3.13. The maximum atomic E-state index is 12.5. The topological polar surface area (TPSA) is 120 Å². The predicted molar refractivity (Wildman–Crippen MR) is 113 cm³/mol. The van der Waals surface area contributed by atoms with E-state index in [0.717, 1.165) is 30.6 Å². The molecule has 0 unspecified atom stereocenters. The molecule has 1 aliphatic heterocycles. The fraction of sp³-hybridized carbons (Fsp3) is 0.333. The molecule has 1 atom stereocenters. The second kappa shape index (κ2) is 8.50. The van der Waals surface area contributed by atoms with E-state index in [-0.39, 0.29) is 11.3 Å². The number of rotatable bonds is 5. The summed E-state index contributed by atoms with van der Waals surface area (Å²) in [5.41, 5.74) is 0.366. The van der Waals surface area contributed by atoms with Crippen LogP contribution < -0.4 is 10.5 Å². The average Bonchev–Trinajstić information content (AvgIpc) is 2.78. The van der Waals surface area contributed by atoms with Gasteiger partial charge in [-0.1, -0.05) is 24.3 Å². The molecular formula is C21H21N5O5. The van der Waals surface area contributed by atoms with Gasteiger partial charge in [0.25, 0.3) is 11.2 Å². The molecule has 0 aliphatic carbocycles. The smallest absolute Gasteiger partial charge is 0.340 e. The van der Waals surface area contributed by atoms with E-state index in [9.17, 15) is 19.7 Å². The SMILES string of the molecule is C[C@H]1CCCN(c2ccc(C(=O)OCn3nnc4ccccc4c3=O)cc2[N+](=O)[O-])C1. The molecule has 3 aromatic rings. The number of ether oxygens (including phenoxy) is 1. The summed E-state index contributed by atoms with van der Waals surface area (Å²) in [5.74, 6) is -0.345. The van der Waals surface area contributed by atoms with Crippen molar-refractivity contribution < 1.29 is 14.5 Å². The average molecular weight is 423 g/mol. The second-order valence-corrected chi connectivity index (χ2v) is 7.63. The van der Waals surface area contributed by atoms with Crippen LogP contribution in [0, 0.1) is 16.0 Å². The third-order valence-corrected chi connectivity index (χ3v) is 5.35. The van der Waals surface area contributed by atoms with Gasteiger partial charge < -0.3 is 9.64 Å². The number of aromatic nitrogens is 3. The number of nitrogens with zero attached hydrogens (tertiary/aromatic N) is 5. The fourth-order valence-corrected chi connectivity index (χ4v) is 3.78. The molecule has 2 aromatic carbocycles. The molecular weight excluding hydrogens is 402 g/mol. The molecule has 1 saturated heterocycles. The Morgan fingerprint density at radius 3 is 2.87 bits per heavy atom. The Morgan fingerprint density at radius 2 is 2.10 bits per heavy atom. The van der Waals surface area contributed by atoms with Crippen molar-refractivity contribution in [1.29, 1.82) is 0 Å². The first-order valence-corrected chi connectivity index (χ1v) is 9.97. The highest BCUT2D eigenvalue weighted by molar-refractivity contribution is 5.91. The lowest BCUT2D eigenvalue weighted by molar-refractivity contribution is -0.384. The Bertz CT molecular complexity index is 1210. The molecule has 10 nitrogen and oxygen atoms in total. The van der Waals surface area contributed by atoms with Crippen LogP contribution in [0.15, 0.2) is 47.3 Å². The minimum Gasteiger partial charge on any atom is -0.439 e. The number of carbonyl (C=O) groups excluding carboxylic acids is 1. The summed E-state index contributed by atoms with van der Waals surface area (Å²) in [5, 5.41) is 19.7. The van der Waals surface area contributed by atoms with Gasteiger partial charge in [0.1, 0.15) is 11.2 Å². The number of benzene rings is 2. The third-order valence-electron chi connectivity index (χ3n) is 5.35. The van der Waals surface area contributed by atoms with Gasteiger partial charge in [-0.15, -0.1) is 5.10 Å². The molecule has 0 bridgehead atoms. The van der Waals surface area contributed by atoms with E-state index in [0.29, 0.717) is 22.5 Å². The zero-order valence-corrected chi connectivity index (χ0v) is 16.9. The summed E-state index contributed by atoms with van der Waals surface area (Å²) >= 11 is 0. The molecule has 4 rings (SSSR count). The molecule has 1 fully saturated rings. The predicted octanol–water partition coefficient (Wildman–Crippen LogP) is 2.75. The Balaban J connectivity index is 1.53. The largest absolute Gasteiger partial charge is 0.439 e. The number of hydrogen-bond acceptors (Lipinski definition) is 8. The zero-order chi connectivity index (χ0) is 22.0. The van der Waals surface area contributed by atoms with Crippen LogP contribution in [-0.4, -0.2) is 39.0 Å². The van der Waals surface area contributed by atoms with Gasteiger partial charge in [-0.3, -0.25) is 14.9 Å². The minimum absolute atomic E-state index is 0.0299. The Labute approximate surface area is 177 Å². The molecule has 0 amide bonds. The number of carbonyl (C=O) groups is 1. The van der Waals surface area contributed by atoms with E-state index in [1.54, 1.807) is 30.3 Å². The van der Waals surface area contributed by atoms with Gasteiger partial charge in [0.2, 0.25) is 0 Å². The molecule has 0 N–H and O–H groups in total. The van der Waals surface area contributed by atoms with Crippen LogP contribution >= 0.6 is 0 Å². The van der Waals surface area contributed by atoms with Crippen molar-refractivity contribution in [1.82, 2.24) is 15.0 Å². The van der Waals surface area contributed by atoms with Crippen LogP contribution in [0.5, 0.6) is 0 Å². The number of anilines is 1. The van der Waals surface area contributed by atoms with Gasteiger partial charge >= 0.3 is 5.97 Å². The van der Waals surface area contributed by atoms with Gasteiger partial charge in [-0.2, -0.15) is 4.68 Å². The standard InChI is InChI=1S/C21H21N5O5/c1-14-5-4-10-24(12-14)18-9-8-15(11-19(18)26(29)30)21(28)31-13-25-20(27)16-6-2-3-7-17(16)22-23-25/h2-3,6-9,11,14H,4-5,10,12-13H2,1H3/t14-/m0/s1. The van der Waals surface area contributed by atoms with Crippen LogP contribution in [-0.2, 0) is 11.5 Å². The van der Waals surface area contributed by atoms with Gasteiger partial charge in [0.05, 0.1) is 15.9 Å². The van der Waals surface area contributed by atoms with Crippen molar-refractivity contribution in [2.45, 2.75) is 26.5 Å². The highest BCUT2D eigenvalue weighted by atomic mass is 16.6. The number of esters is 1.